The average molecular weight is 244 g/mol. The van der Waals surface area contributed by atoms with E-state index in [0.29, 0.717) is 0 Å². The van der Waals surface area contributed by atoms with Gasteiger partial charge in [-0.2, -0.15) is 0 Å². The lowest BCUT2D eigenvalue weighted by Crippen LogP contribution is -2.07. The summed E-state index contributed by atoms with van der Waals surface area (Å²) in [6.45, 7) is 3.96. The number of nitrogen functional groups attached to an aromatic ring is 1. The molecule has 0 bridgehead atoms. The van der Waals surface area contributed by atoms with Crippen LogP contribution in [-0.2, 0) is 0 Å². The van der Waals surface area contributed by atoms with Gasteiger partial charge in [0, 0.05) is 17.4 Å². The summed E-state index contributed by atoms with van der Waals surface area (Å²) in [5, 5.41) is 3.31. The van der Waals surface area contributed by atoms with Gasteiger partial charge >= 0.3 is 0 Å². The molecule has 3 N–H and O–H groups in total. The van der Waals surface area contributed by atoms with Gasteiger partial charge in [-0.15, -0.1) is 0 Å². The van der Waals surface area contributed by atoms with Gasteiger partial charge < -0.3 is 11.1 Å². The fraction of sp³-hybridized carbons (Fsp3) is 0.200. The number of benzene rings is 2. The maximum atomic E-state index is 13.1. The van der Waals surface area contributed by atoms with E-state index in [4.69, 9.17) is 5.73 Å². The number of rotatable bonds is 3. The molecule has 2 rings (SSSR count). The summed E-state index contributed by atoms with van der Waals surface area (Å²) in [5.41, 5.74) is 9.52. The second-order valence-electron chi connectivity index (χ2n) is 4.49. The highest BCUT2D eigenvalue weighted by molar-refractivity contribution is 5.59. The van der Waals surface area contributed by atoms with Crippen molar-refractivity contribution in [1.29, 1.82) is 0 Å². The first kappa shape index (κ1) is 12.4. The van der Waals surface area contributed by atoms with Crippen molar-refractivity contribution in [3.63, 3.8) is 0 Å². The monoisotopic (exact) mass is 244 g/mol. The molecule has 0 saturated heterocycles. The quantitative estimate of drug-likeness (QED) is 0.804. The fourth-order valence-corrected chi connectivity index (χ4v) is 1.84. The van der Waals surface area contributed by atoms with Crippen LogP contribution < -0.4 is 11.1 Å². The predicted molar refractivity (Wildman–Crippen MR) is 74.0 cm³/mol. The number of aryl methyl sites for hydroxylation is 1. The Labute approximate surface area is 107 Å². The van der Waals surface area contributed by atoms with Crippen molar-refractivity contribution in [3.05, 3.63) is 59.4 Å². The first-order chi connectivity index (χ1) is 8.56. The maximum Gasteiger partial charge on any atom is 0.123 e. The molecular formula is C15H17FN2. The molecule has 0 fully saturated rings. The minimum atomic E-state index is -0.218. The highest BCUT2D eigenvalue weighted by Crippen LogP contribution is 2.22. The van der Waals surface area contributed by atoms with E-state index in [2.05, 4.69) is 5.32 Å². The molecule has 0 aliphatic rings. The molecule has 0 heterocycles. The number of halogens is 1. The smallest absolute Gasteiger partial charge is 0.123 e. The standard InChI is InChI=1S/C15H17FN2/c1-10-6-7-14(9-15(10)17)18-11(2)12-4-3-5-13(16)8-12/h3-9,11,18H,17H2,1-2H3. The third kappa shape index (κ3) is 2.80. The molecule has 1 atom stereocenters. The van der Waals surface area contributed by atoms with Crippen molar-refractivity contribution < 1.29 is 4.39 Å². The van der Waals surface area contributed by atoms with Crippen molar-refractivity contribution >= 4 is 11.4 Å². The van der Waals surface area contributed by atoms with Crippen LogP contribution in [0.25, 0.3) is 0 Å². The van der Waals surface area contributed by atoms with Crippen LogP contribution in [0, 0.1) is 12.7 Å². The van der Waals surface area contributed by atoms with Crippen LogP contribution in [0.5, 0.6) is 0 Å². The summed E-state index contributed by atoms with van der Waals surface area (Å²) in [4.78, 5) is 0. The van der Waals surface area contributed by atoms with Crippen LogP contribution in [0.4, 0.5) is 15.8 Å². The first-order valence-electron chi connectivity index (χ1n) is 5.94. The lowest BCUT2D eigenvalue weighted by Gasteiger charge is -2.16. The van der Waals surface area contributed by atoms with Crippen LogP contribution in [0.3, 0.4) is 0 Å². The normalized spacial score (nSPS) is 12.2. The van der Waals surface area contributed by atoms with Gasteiger partial charge in [0.1, 0.15) is 5.82 Å². The second kappa shape index (κ2) is 5.08. The fourth-order valence-electron chi connectivity index (χ4n) is 1.84. The molecule has 94 valence electrons. The van der Waals surface area contributed by atoms with Crippen molar-refractivity contribution in [2.75, 3.05) is 11.1 Å². The highest BCUT2D eigenvalue weighted by atomic mass is 19.1. The zero-order valence-electron chi connectivity index (χ0n) is 10.6. The number of nitrogens with two attached hydrogens (primary N) is 1. The van der Waals surface area contributed by atoms with Gasteiger partial charge in [0.15, 0.2) is 0 Å². The summed E-state index contributed by atoms with van der Waals surface area (Å²) in [7, 11) is 0. The van der Waals surface area contributed by atoms with Gasteiger partial charge in [-0.05, 0) is 49.2 Å². The lowest BCUT2D eigenvalue weighted by atomic mass is 10.1. The maximum absolute atomic E-state index is 13.1. The minimum Gasteiger partial charge on any atom is -0.398 e. The zero-order chi connectivity index (χ0) is 13.1. The van der Waals surface area contributed by atoms with Gasteiger partial charge in [0.25, 0.3) is 0 Å². The second-order valence-corrected chi connectivity index (χ2v) is 4.49. The molecule has 0 spiro atoms. The number of anilines is 2. The molecule has 0 aliphatic heterocycles. The van der Waals surface area contributed by atoms with E-state index >= 15 is 0 Å². The molecule has 0 amide bonds. The third-order valence-electron chi connectivity index (χ3n) is 3.01. The van der Waals surface area contributed by atoms with Crippen molar-refractivity contribution in [2.45, 2.75) is 19.9 Å². The van der Waals surface area contributed by atoms with Crippen LogP contribution >= 0.6 is 0 Å². The van der Waals surface area contributed by atoms with E-state index < -0.39 is 0 Å². The zero-order valence-corrected chi connectivity index (χ0v) is 10.6. The number of hydrogen-bond donors (Lipinski definition) is 2. The Hall–Kier alpha value is -2.03. The molecule has 3 heteroatoms. The van der Waals surface area contributed by atoms with Gasteiger partial charge in [0.2, 0.25) is 0 Å². The SMILES string of the molecule is Cc1ccc(NC(C)c2cccc(F)c2)cc1N. The van der Waals surface area contributed by atoms with Crippen LogP contribution in [0.15, 0.2) is 42.5 Å². The summed E-state index contributed by atoms with van der Waals surface area (Å²) in [6, 6.07) is 12.5. The molecule has 0 radical (unpaired) electrons. The van der Waals surface area contributed by atoms with E-state index in [-0.39, 0.29) is 11.9 Å². The minimum absolute atomic E-state index is 0.0304. The summed E-state index contributed by atoms with van der Waals surface area (Å²) < 4.78 is 13.1. The molecule has 0 saturated carbocycles. The van der Waals surface area contributed by atoms with E-state index in [1.807, 2.05) is 38.1 Å². The number of nitrogens with one attached hydrogen (secondary N) is 1. The third-order valence-corrected chi connectivity index (χ3v) is 3.01. The Morgan fingerprint density at radius 1 is 1.17 bits per heavy atom. The summed E-state index contributed by atoms with van der Waals surface area (Å²) >= 11 is 0. The van der Waals surface area contributed by atoms with E-state index in [1.165, 1.54) is 12.1 Å². The molecule has 2 aromatic carbocycles. The molecule has 2 aromatic rings. The highest BCUT2D eigenvalue weighted by Gasteiger charge is 2.06. The largest absolute Gasteiger partial charge is 0.398 e. The Kier molecular flexibility index (Phi) is 3.51. The van der Waals surface area contributed by atoms with Gasteiger partial charge in [0.05, 0.1) is 0 Å². The molecule has 2 nitrogen and oxygen atoms in total. The lowest BCUT2D eigenvalue weighted by molar-refractivity contribution is 0.623. The molecule has 18 heavy (non-hydrogen) atoms. The Bertz CT molecular complexity index is 552. The van der Waals surface area contributed by atoms with Crippen LogP contribution in [0.2, 0.25) is 0 Å². The summed E-state index contributed by atoms with van der Waals surface area (Å²) in [6.07, 6.45) is 0. The molecule has 0 aliphatic carbocycles. The van der Waals surface area contributed by atoms with Crippen molar-refractivity contribution in [2.24, 2.45) is 0 Å². The van der Waals surface area contributed by atoms with Crippen molar-refractivity contribution in [1.82, 2.24) is 0 Å². The van der Waals surface area contributed by atoms with Gasteiger partial charge in [-0.1, -0.05) is 18.2 Å². The molecule has 1 unspecified atom stereocenters. The molecule has 0 aromatic heterocycles. The predicted octanol–water partition coefficient (Wildman–Crippen LogP) is 3.89. The van der Waals surface area contributed by atoms with Gasteiger partial charge in [-0.25, -0.2) is 4.39 Å². The van der Waals surface area contributed by atoms with E-state index in [9.17, 15) is 4.39 Å². The van der Waals surface area contributed by atoms with Crippen LogP contribution in [0.1, 0.15) is 24.1 Å². The number of hydrogen-bond acceptors (Lipinski definition) is 2. The van der Waals surface area contributed by atoms with E-state index in [1.54, 1.807) is 6.07 Å². The average Bonchev–Trinajstić information content (AvgIpc) is 2.34. The Morgan fingerprint density at radius 3 is 2.61 bits per heavy atom. The Balaban J connectivity index is 2.16. The first-order valence-corrected chi connectivity index (χ1v) is 5.94. The van der Waals surface area contributed by atoms with Gasteiger partial charge in [-0.3, -0.25) is 0 Å². The topological polar surface area (TPSA) is 38.0 Å². The van der Waals surface area contributed by atoms with E-state index in [0.717, 1.165) is 22.5 Å². The molecular weight excluding hydrogens is 227 g/mol. The van der Waals surface area contributed by atoms with Crippen LogP contribution in [-0.4, -0.2) is 0 Å². The Morgan fingerprint density at radius 2 is 1.94 bits per heavy atom. The van der Waals surface area contributed by atoms with Crippen molar-refractivity contribution in [3.8, 4) is 0 Å². The summed E-state index contributed by atoms with van der Waals surface area (Å²) in [5.74, 6) is -0.218.